The number of nitrogens with zero attached hydrogens (tertiary/aromatic N) is 6. The van der Waals surface area contributed by atoms with E-state index in [4.69, 9.17) is 15.0 Å². The van der Waals surface area contributed by atoms with E-state index in [2.05, 4.69) is 222 Å². The summed E-state index contributed by atoms with van der Waals surface area (Å²) in [4.78, 5) is 18.1. The Balaban J connectivity index is 0.987. The van der Waals surface area contributed by atoms with Crippen LogP contribution in [-0.2, 0) is 5.41 Å². The van der Waals surface area contributed by atoms with Crippen molar-refractivity contribution in [1.82, 2.24) is 24.1 Å². The van der Waals surface area contributed by atoms with Gasteiger partial charge in [0.1, 0.15) is 0 Å². The van der Waals surface area contributed by atoms with Crippen molar-refractivity contribution in [2.45, 2.75) is 37.6 Å². The lowest BCUT2D eigenvalue weighted by molar-refractivity contribution is 0.550. The highest BCUT2D eigenvalue weighted by atomic mass is 15.2. The molecule has 8 aromatic carbocycles. The molecule has 0 bridgehead atoms. The number of anilines is 2. The third-order valence-corrected chi connectivity index (χ3v) is 15.2. The van der Waals surface area contributed by atoms with E-state index in [9.17, 15) is 0 Å². The van der Waals surface area contributed by atoms with E-state index in [1.807, 2.05) is 36.4 Å². The lowest BCUT2D eigenvalue weighted by Gasteiger charge is -2.36. The van der Waals surface area contributed by atoms with Gasteiger partial charge in [-0.1, -0.05) is 165 Å². The van der Waals surface area contributed by atoms with Crippen molar-refractivity contribution in [2.24, 2.45) is 0 Å². The highest BCUT2D eigenvalue weighted by Gasteiger charge is 2.47. The van der Waals surface area contributed by atoms with Crippen LogP contribution in [-0.4, -0.2) is 30.1 Å². The van der Waals surface area contributed by atoms with Gasteiger partial charge < -0.3 is 14.0 Å². The van der Waals surface area contributed by atoms with Gasteiger partial charge in [-0.25, -0.2) is 15.0 Å². The van der Waals surface area contributed by atoms with E-state index in [1.54, 1.807) is 0 Å². The van der Waals surface area contributed by atoms with Gasteiger partial charge in [-0.2, -0.15) is 0 Å². The molecule has 3 aliphatic rings. The quantitative estimate of drug-likeness (QED) is 0.160. The number of rotatable bonds is 7. The first-order valence-electron chi connectivity index (χ1n) is 24.7. The Hall–Kier alpha value is -8.87. The smallest absolute Gasteiger partial charge is 0.164 e. The SMILES string of the molecule is CC1CC=Cc2c1c1ccccc1n2-c1ccc(-c2nc(-c3ccccc3)nc(-c3ccccc3)n2)cc1N1c2ccc(-c3ccc4c(c3)c3ccccc3n4-c3ccccc3)cc2C2(C)C=CC=CC12. The highest BCUT2D eigenvalue weighted by Crippen LogP contribution is 2.55. The molecular formula is C65H48N6. The summed E-state index contributed by atoms with van der Waals surface area (Å²) in [5.41, 5.74) is 16.9. The molecule has 0 radical (unpaired) electrons. The van der Waals surface area contributed by atoms with E-state index >= 15 is 0 Å². The van der Waals surface area contributed by atoms with E-state index in [0.29, 0.717) is 23.4 Å². The molecule has 1 aliphatic heterocycles. The highest BCUT2D eigenvalue weighted by molar-refractivity contribution is 6.10. The summed E-state index contributed by atoms with van der Waals surface area (Å²) in [6.07, 6.45) is 14.9. The van der Waals surface area contributed by atoms with Crippen molar-refractivity contribution >= 4 is 50.2 Å². The zero-order chi connectivity index (χ0) is 47.2. The molecule has 14 rings (SSSR count). The molecule has 11 aromatic rings. The van der Waals surface area contributed by atoms with Crippen molar-refractivity contribution in [3.63, 3.8) is 0 Å². The average Bonchev–Trinajstić information content (AvgIpc) is 4.05. The summed E-state index contributed by atoms with van der Waals surface area (Å²) in [6, 6.07) is 69.8. The molecular weight excluding hydrogens is 865 g/mol. The number of benzene rings is 8. The Labute approximate surface area is 412 Å². The molecule has 0 saturated carbocycles. The van der Waals surface area contributed by atoms with Crippen LogP contribution in [0.3, 0.4) is 0 Å². The zero-order valence-electron chi connectivity index (χ0n) is 39.5. The minimum Gasteiger partial charge on any atom is -0.331 e. The van der Waals surface area contributed by atoms with Crippen molar-refractivity contribution in [1.29, 1.82) is 0 Å². The van der Waals surface area contributed by atoms with E-state index < -0.39 is 0 Å². The van der Waals surface area contributed by atoms with Gasteiger partial charge in [0, 0.05) is 49.6 Å². The predicted octanol–water partition coefficient (Wildman–Crippen LogP) is 16.0. The van der Waals surface area contributed by atoms with Crippen LogP contribution < -0.4 is 4.90 Å². The molecule has 2 aliphatic carbocycles. The number of aromatic nitrogens is 5. The molecule has 0 N–H and O–H groups in total. The largest absolute Gasteiger partial charge is 0.331 e. The maximum Gasteiger partial charge on any atom is 0.164 e. The molecule has 338 valence electrons. The Morgan fingerprint density at radius 3 is 1.79 bits per heavy atom. The van der Waals surface area contributed by atoms with Crippen LogP contribution in [0.1, 0.15) is 43.0 Å². The van der Waals surface area contributed by atoms with Gasteiger partial charge in [-0.15, -0.1) is 0 Å². The third-order valence-electron chi connectivity index (χ3n) is 15.2. The summed E-state index contributed by atoms with van der Waals surface area (Å²) in [5.74, 6) is 2.29. The molecule has 3 aromatic heterocycles. The maximum absolute atomic E-state index is 5.25. The van der Waals surface area contributed by atoms with Gasteiger partial charge in [0.05, 0.1) is 39.7 Å². The number of allylic oxidation sites excluding steroid dienone is 3. The summed E-state index contributed by atoms with van der Waals surface area (Å²) >= 11 is 0. The fourth-order valence-corrected chi connectivity index (χ4v) is 11.8. The van der Waals surface area contributed by atoms with Gasteiger partial charge in [-0.3, -0.25) is 0 Å². The first kappa shape index (κ1) is 41.1. The molecule has 0 spiro atoms. The molecule has 6 nitrogen and oxygen atoms in total. The van der Waals surface area contributed by atoms with Crippen LogP contribution in [0.25, 0.3) is 95.5 Å². The Morgan fingerprint density at radius 1 is 0.479 bits per heavy atom. The standard InChI is InChI=1S/C65H48N6/c1-42-19-18-30-58-61(42)50-27-13-15-29-54(50)70(58)57-37-34-47(64-67-62(43-20-6-3-7-21-43)66-63(68-64)44-22-8-4-9-23-44)41-59(57)71-56-36-33-46(40-52(56)65(2)38-17-16-31-60(65)71)45-32-35-55-51(39-45)49-26-12-14-28-53(49)69(55)48-24-10-5-11-25-48/h3-18,20-42,60H,19H2,1-2H3. The molecule has 4 heterocycles. The lowest BCUT2D eigenvalue weighted by Crippen LogP contribution is -2.39. The van der Waals surface area contributed by atoms with Crippen molar-refractivity contribution in [3.8, 4) is 56.7 Å². The second-order valence-electron chi connectivity index (χ2n) is 19.4. The van der Waals surface area contributed by atoms with Crippen molar-refractivity contribution < 1.29 is 0 Å². The summed E-state index contributed by atoms with van der Waals surface area (Å²) in [6.45, 7) is 4.76. The number of para-hydroxylation sites is 3. The van der Waals surface area contributed by atoms with E-state index in [0.717, 1.165) is 40.2 Å². The van der Waals surface area contributed by atoms with Gasteiger partial charge in [-0.05, 0) is 114 Å². The molecule has 6 heteroatoms. The number of hydrogen-bond donors (Lipinski definition) is 0. The second-order valence-corrected chi connectivity index (χ2v) is 19.4. The predicted molar refractivity (Wildman–Crippen MR) is 293 cm³/mol. The molecule has 3 unspecified atom stereocenters. The first-order valence-corrected chi connectivity index (χ1v) is 24.7. The Kier molecular flexibility index (Phi) is 9.33. The summed E-state index contributed by atoms with van der Waals surface area (Å²) in [5, 5.41) is 3.78. The topological polar surface area (TPSA) is 51.8 Å². The molecule has 3 atom stereocenters. The van der Waals surface area contributed by atoms with Crippen LogP contribution >= 0.6 is 0 Å². The van der Waals surface area contributed by atoms with Crippen LogP contribution in [0.15, 0.2) is 225 Å². The fraction of sp³-hybridized carbons (Fsp3) is 0.0923. The normalized spacial score (nSPS) is 17.8. The van der Waals surface area contributed by atoms with Gasteiger partial charge in [0.25, 0.3) is 0 Å². The summed E-state index contributed by atoms with van der Waals surface area (Å²) in [7, 11) is 0. The van der Waals surface area contributed by atoms with Crippen LogP contribution in [0, 0.1) is 0 Å². The Bertz CT molecular complexity index is 3950. The van der Waals surface area contributed by atoms with E-state index in [1.165, 1.54) is 66.3 Å². The van der Waals surface area contributed by atoms with Crippen LogP contribution in [0.5, 0.6) is 0 Å². The van der Waals surface area contributed by atoms with Gasteiger partial charge in [0.2, 0.25) is 0 Å². The maximum atomic E-state index is 5.25. The Morgan fingerprint density at radius 2 is 1.06 bits per heavy atom. The fourth-order valence-electron chi connectivity index (χ4n) is 11.8. The molecule has 0 fully saturated rings. The zero-order valence-corrected chi connectivity index (χ0v) is 39.5. The average molecular weight is 913 g/mol. The van der Waals surface area contributed by atoms with Crippen LogP contribution in [0.2, 0.25) is 0 Å². The molecule has 0 amide bonds. The minimum absolute atomic E-state index is 0.0247. The van der Waals surface area contributed by atoms with Crippen molar-refractivity contribution in [2.75, 3.05) is 4.90 Å². The minimum atomic E-state index is -0.346. The monoisotopic (exact) mass is 912 g/mol. The van der Waals surface area contributed by atoms with Gasteiger partial charge >= 0.3 is 0 Å². The number of hydrogen-bond acceptors (Lipinski definition) is 4. The molecule has 0 saturated heterocycles. The number of fused-ring (bicyclic) bond motifs is 9. The van der Waals surface area contributed by atoms with Gasteiger partial charge in [0.15, 0.2) is 17.5 Å². The van der Waals surface area contributed by atoms with Crippen molar-refractivity contribution in [3.05, 3.63) is 241 Å². The first-order chi connectivity index (χ1) is 35.0. The summed E-state index contributed by atoms with van der Waals surface area (Å²) < 4.78 is 4.89. The third kappa shape index (κ3) is 6.44. The van der Waals surface area contributed by atoms with E-state index in [-0.39, 0.29) is 11.5 Å². The second kappa shape index (κ2) is 16.1. The molecule has 71 heavy (non-hydrogen) atoms. The van der Waals surface area contributed by atoms with Crippen LogP contribution in [0.4, 0.5) is 11.4 Å². The lowest BCUT2D eigenvalue weighted by atomic mass is 9.75.